The van der Waals surface area contributed by atoms with Crippen LogP contribution in [0.4, 0.5) is 5.69 Å². The van der Waals surface area contributed by atoms with Gasteiger partial charge in [-0.2, -0.15) is 0 Å². The van der Waals surface area contributed by atoms with Crippen LogP contribution < -0.4 is 15.0 Å². The quantitative estimate of drug-likeness (QED) is 0.815. The molecule has 3 nitrogen and oxygen atoms in total. The molecule has 3 heteroatoms. The molecule has 0 spiro atoms. The maximum atomic E-state index is 6.03. The number of para-hydroxylation sites is 1. The van der Waals surface area contributed by atoms with E-state index in [2.05, 4.69) is 46.3 Å². The molecule has 2 aromatic carbocycles. The van der Waals surface area contributed by atoms with Gasteiger partial charge < -0.3 is 15.0 Å². The Hall–Kier alpha value is -2.90. The van der Waals surface area contributed by atoms with Crippen LogP contribution in [0.1, 0.15) is 11.1 Å². The number of anilines is 1. The Morgan fingerprint density at radius 1 is 1.04 bits per heavy atom. The average molecular weight is 318 g/mol. The Bertz CT molecular complexity index is 782. The van der Waals surface area contributed by atoms with Crippen molar-refractivity contribution in [1.29, 1.82) is 0 Å². The Morgan fingerprint density at radius 2 is 1.83 bits per heavy atom. The Morgan fingerprint density at radius 3 is 2.54 bits per heavy atom. The van der Waals surface area contributed by atoms with Gasteiger partial charge >= 0.3 is 0 Å². The predicted molar refractivity (Wildman–Crippen MR) is 100 cm³/mol. The lowest BCUT2D eigenvalue weighted by atomic mass is 10.0. The molecule has 0 saturated heterocycles. The molecule has 1 aliphatic heterocycles. The van der Waals surface area contributed by atoms with Crippen LogP contribution in [0.5, 0.6) is 5.75 Å². The van der Waals surface area contributed by atoms with Crippen LogP contribution in [0.25, 0.3) is 5.57 Å². The Balaban J connectivity index is 1.64. The van der Waals surface area contributed by atoms with E-state index in [0.29, 0.717) is 6.61 Å². The van der Waals surface area contributed by atoms with Gasteiger partial charge in [-0.05, 0) is 29.8 Å². The minimum Gasteiger partial charge on any atom is -0.493 e. The molecular weight excluding hydrogens is 296 g/mol. The minimum atomic E-state index is 0.651. The standard InChI is InChI=1S/C21H22N2O/c1-23(2)19-11-9-17(10-12-19)13-15-24-21-8-4-3-7-20(21)18-6-5-14-22-16-18/h3-4,6-12,14,16,22H,13,15H2,1-2H3. The minimum absolute atomic E-state index is 0.651. The zero-order valence-corrected chi connectivity index (χ0v) is 14.1. The van der Waals surface area contributed by atoms with Gasteiger partial charge in [0.2, 0.25) is 0 Å². The number of hydrogen-bond acceptors (Lipinski definition) is 3. The molecule has 1 N–H and O–H groups in total. The van der Waals surface area contributed by atoms with E-state index in [4.69, 9.17) is 4.74 Å². The first-order valence-electron chi connectivity index (χ1n) is 8.10. The second-order valence-corrected chi connectivity index (χ2v) is 5.88. The number of nitrogens with one attached hydrogen (secondary N) is 1. The molecular formula is C21H22N2O. The first-order valence-corrected chi connectivity index (χ1v) is 8.10. The van der Waals surface area contributed by atoms with E-state index in [1.54, 1.807) is 6.20 Å². The first kappa shape index (κ1) is 16.0. The zero-order valence-electron chi connectivity index (χ0n) is 14.1. The van der Waals surface area contributed by atoms with E-state index in [1.807, 2.05) is 44.6 Å². The van der Waals surface area contributed by atoms with Crippen molar-refractivity contribution in [3.8, 4) is 5.75 Å². The predicted octanol–water partition coefficient (Wildman–Crippen LogP) is 3.99. The Labute approximate surface area is 143 Å². The van der Waals surface area contributed by atoms with Crippen LogP contribution in [0, 0.1) is 0 Å². The molecule has 0 aromatic heterocycles. The molecule has 0 atom stereocenters. The van der Waals surface area contributed by atoms with Crippen molar-refractivity contribution in [2.45, 2.75) is 6.42 Å². The molecule has 0 aliphatic carbocycles. The third kappa shape index (κ3) is 3.89. The highest BCUT2D eigenvalue weighted by molar-refractivity contribution is 5.78. The number of allylic oxidation sites excluding steroid dienone is 2. The number of ether oxygens (including phenoxy) is 1. The molecule has 2 aromatic rings. The van der Waals surface area contributed by atoms with Crippen LogP contribution in [0.15, 0.2) is 72.7 Å². The highest BCUT2D eigenvalue weighted by Crippen LogP contribution is 2.27. The highest BCUT2D eigenvalue weighted by Gasteiger charge is 2.07. The summed E-state index contributed by atoms with van der Waals surface area (Å²) in [5.74, 6) is 0.899. The SMILES string of the molecule is CN(C)c1ccc(CCOc2ccccc2C2=CNC=C=C2)cc1. The van der Waals surface area contributed by atoms with Crippen LogP contribution in [-0.4, -0.2) is 20.7 Å². The summed E-state index contributed by atoms with van der Waals surface area (Å²) in [7, 11) is 4.10. The van der Waals surface area contributed by atoms with E-state index >= 15 is 0 Å². The van der Waals surface area contributed by atoms with Gasteiger partial charge in [0.05, 0.1) is 6.61 Å². The normalized spacial score (nSPS) is 12.5. The van der Waals surface area contributed by atoms with Crippen molar-refractivity contribution in [3.63, 3.8) is 0 Å². The van der Waals surface area contributed by atoms with E-state index in [9.17, 15) is 0 Å². The van der Waals surface area contributed by atoms with Crippen LogP contribution in [0.3, 0.4) is 0 Å². The summed E-state index contributed by atoms with van der Waals surface area (Å²) >= 11 is 0. The molecule has 1 heterocycles. The molecule has 0 bridgehead atoms. The van der Waals surface area contributed by atoms with Gasteiger partial charge in [-0.3, -0.25) is 0 Å². The largest absolute Gasteiger partial charge is 0.493 e. The van der Waals surface area contributed by atoms with Crippen molar-refractivity contribution in [1.82, 2.24) is 5.32 Å². The summed E-state index contributed by atoms with van der Waals surface area (Å²) in [6, 6.07) is 16.7. The molecule has 122 valence electrons. The summed E-state index contributed by atoms with van der Waals surface area (Å²) in [5.41, 5.74) is 7.70. The van der Waals surface area contributed by atoms with Gasteiger partial charge in [0.25, 0.3) is 0 Å². The molecule has 0 amide bonds. The lowest BCUT2D eigenvalue weighted by molar-refractivity contribution is 0.321. The summed E-state index contributed by atoms with van der Waals surface area (Å²) in [5, 5.41) is 3.07. The zero-order chi connectivity index (χ0) is 16.8. The second-order valence-electron chi connectivity index (χ2n) is 5.88. The molecule has 0 saturated carbocycles. The maximum Gasteiger partial charge on any atom is 0.127 e. The average Bonchev–Trinajstić information content (AvgIpc) is 2.63. The first-order chi connectivity index (χ1) is 11.7. The Kier molecular flexibility index (Phi) is 5.05. The lowest BCUT2D eigenvalue weighted by Gasteiger charge is -2.14. The van der Waals surface area contributed by atoms with Crippen LogP contribution >= 0.6 is 0 Å². The highest BCUT2D eigenvalue weighted by atomic mass is 16.5. The summed E-state index contributed by atoms with van der Waals surface area (Å²) in [6.07, 6.45) is 6.58. The smallest absolute Gasteiger partial charge is 0.127 e. The van der Waals surface area contributed by atoms with Gasteiger partial charge in [-0.1, -0.05) is 30.3 Å². The lowest BCUT2D eigenvalue weighted by Crippen LogP contribution is -2.08. The molecule has 0 unspecified atom stereocenters. The third-order valence-electron chi connectivity index (χ3n) is 3.94. The monoisotopic (exact) mass is 318 g/mol. The topological polar surface area (TPSA) is 24.5 Å². The van der Waals surface area contributed by atoms with Crippen molar-refractivity contribution >= 4 is 11.3 Å². The van der Waals surface area contributed by atoms with Crippen molar-refractivity contribution in [3.05, 3.63) is 83.9 Å². The van der Waals surface area contributed by atoms with Gasteiger partial charge in [0.15, 0.2) is 0 Å². The molecule has 0 fully saturated rings. The fourth-order valence-electron chi connectivity index (χ4n) is 2.58. The third-order valence-corrected chi connectivity index (χ3v) is 3.94. The molecule has 24 heavy (non-hydrogen) atoms. The van der Waals surface area contributed by atoms with Crippen molar-refractivity contribution in [2.24, 2.45) is 0 Å². The van der Waals surface area contributed by atoms with Gasteiger partial charge in [-0.15, -0.1) is 5.73 Å². The van der Waals surface area contributed by atoms with E-state index in [1.165, 1.54) is 11.3 Å². The fraction of sp³-hybridized carbons (Fsp3) is 0.190. The number of rotatable bonds is 6. The second kappa shape index (κ2) is 7.58. The summed E-state index contributed by atoms with van der Waals surface area (Å²) < 4.78 is 6.03. The summed E-state index contributed by atoms with van der Waals surface area (Å²) in [6.45, 7) is 0.651. The van der Waals surface area contributed by atoms with E-state index < -0.39 is 0 Å². The fourth-order valence-corrected chi connectivity index (χ4v) is 2.58. The molecule has 3 rings (SSSR count). The maximum absolute atomic E-state index is 6.03. The molecule has 1 aliphatic rings. The van der Waals surface area contributed by atoms with Crippen LogP contribution in [-0.2, 0) is 6.42 Å². The van der Waals surface area contributed by atoms with Crippen molar-refractivity contribution in [2.75, 3.05) is 25.6 Å². The number of hydrogen-bond donors (Lipinski definition) is 1. The number of nitrogens with zero attached hydrogens (tertiary/aromatic N) is 1. The van der Waals surface area contributed by atoms with Crippen molar-refractivity contribution < 1.29 is 4.74 Å². The molecule has 0 radical (unpaired) electrons. The van der Waals surface area contributed by atoms with Crippen LogP contribution in [0.2, 0.25) is 0 Å². The van der Waals surface area contributed by atoms with E-state index in [-0.39, 0.29) is 0 Å². The van der Waals surface area contributed by atoms with E-state index in [0.717, 1.165) is 23.3 Å². The summed E-state index contributed by atoms with van der Waals surface area (Å²) in [4.78, 5) is 2.10. The van der Waals surface area contributed by atoms with Gasteiger partial charge in [0.1, 0.15) is 5.75 Å². The van der Waals surface area contributed by atoms with Gasteiger partial charge in [0, 0.05) is 49.7 Å². The number of benzene rings is 2. The van der Waals surface area contributed by atoms with Gasteiger partial charge in [-0.25, -0.2) is 0 Å².